The fourth-order valence-corrected chi connectivity index (χ4v) is 2.34. The molecule has 1 amide bonds. The number of carbonyl (C=O) groups is 1. The summed E-state index contributed by atoms with van der Waals surface area (Å²) in [6, 6.07) is 14.7. The Labute approximate surface area is 105 Å². The van der Waals surface area contributed by atoms with E-state index in [0.29, 0.717) is 12.8 Å². The minimum absolute atomic E-state index is 0.0967. The lowest BCUT2D eigenvalue weighted by Gasteiger charge is -2.29. The van der Waals surface area contributed by atoms with Crippen molar-refractivity contribution in [2.24, 2.45) is 0 Å². The molecule has 18 heavy (non-hydrogen) atoms. The first-order valence-electron chi connectivity index (χ1n) is 5.95. The first-order valence-corrected chi connectivity index (χ1v) is 5.95. The van der Waals surface area contributed by atoms with Crippen molar-refractivity contribution in [1.82, 2.24) is 0 Å². The molecule has 0 saturated carbocycles. The molecule has 3 rings (SSSR count). The van der Waals surface area contributed by atoms with Gasteiger partial charge in [-0.2, -0.15) is 0 Å². The van der Waals surface area contributed by atoms with Crippen molar-refractivity contribution in [3.63, 3.8) is 0 Å². The zero-order valence-corrected chi connectivity index (χ0v) is 9.84. The molecule has 1 N–H and O–H groups in total. The maximum absolute atomic E-state index is 12.1. The van der Waals surface area contributed by atoms with Gasteiger partial charge in [-0.15, -0.1) is 0 Å². The van der Waals surface area contributed by atoms with Crippen molar-refractivity contribution in [3.8, 4) is 5.75 Å². The number of phenols is 1. The molecule has 3 heteroatoms. The number of rotatable bonds is 1. The average molecular weight is 239 g/mol. The van der Waals surface area contributed by atoms with Crippen molar-refractivity contribution in [3.05, 3.63) is 54.1 Å². The van der Waals surface area contributed by atoms with Gasteiger partial charge in [-0.25, -0.2) is 0 Å². The van der Waals surface area contributed by atoms with Crippen LogP contribution in [0.1, 0.15) is 12.0 Å². The normalized spacial score (nSPS) is 14.4. The maximum atomic E-state index is 12.1. The number of carbonyl (C=O) groups excluding carboxylic acids is 1. The third-order valence-corrected chi connectivity index (χ3v) is 3.18. The van der Waals surface area contributed by atoms with Crippen LogP contribution >= 0.6 is 0 Å². The molecule has 2 aromatic rings. The topological polar surface area (TPSA) is 40.5 Å². The van der Waals surface area contributed by atoms with Crippen molar-refractivity contribution in [2.45, 2.75) is 12.8 Å². The monoisotopic (exact) mass is 239 g/mol. The SMILES string of the molecule is O=C1CCc2cc(O)ccc2N1c1ccccc1. The second kappa shape index (κ2) is 4.18. The number of hydrogen-bond acceptors (Lipinski definition) is 2. The molecule has 0 fully saturated rings. The molecule has 0 atom stereocenters. The van der Waals surface area contributed by atoms with Gasteiger partial charge in [0.05, 0.1) is 5.69 Å². The van der Waals surface area contributed by atoms with E-state index in [0.717, 1.165) is 16.9 Å². The Morgan fingerprint density at radius 1 is 1.00 bits per heavy atom. The van der Waals surface area contributed by atoms with E-state index in [-0.39, 0.29) is 11.7 Å². The highest BCUT2D eigenvalue weighted by atomic mass is 16.3. The van der Waals surface area contributed by atoms with Gasteiger partial charge in [0.25, 0.3) is 0 Å². The third kappa shape index (κ3) is 1.74. The molecule has 0 radical (unpaired) electrons. The smallest absolute Gasteiger partial charge is 0.231 e. The fraction of sp³-hybridized carbons (Fsp3) is 0.133. The molecule has 0 aliphatic carbocycles. The molecular formula is C15H13NO2. The maximum Gasteiger partial charge on any atom is 0.231 e. The van der Waals surface area contributed by atoms with Gasteiger partial charge < -0.3 is 5.11 Å². The predicted molar refractivity (Wildman–Crippen MR) is 70.0 cm³/mol. The quantitative estimate of drug-likeness (QED) is 0.831. The predicted octanol–water partition coefficient (Wildman–Crippen LogP) is 3.00. The number of fused-ring (bicyclic) bond motifs is 1. The van der Waals surface area contributed by atoms with Crippen molar-refractivity contribution >= 4 is 17.3 Å². The van der Waals surface area contributed by atoms with Crippen LogP contribution in [0.25, 0.3) is 0 Å². The summed E-state index contributed by atoms with van der Waals surface area (Å²) in [7, 11) is 0. The van der Waals surface area contributed by atoms with E-state index in [1.807, 2.05) is 30.3 Å². The number of anilines is 2. The van der Waals surface area contributed by atoms with E-state index in [2.05, 4.69) is 0 Å². The molecule has 1 aliphatic heterocycles. The first kappa shape index (κ1) is 10.8. The Bertz CT molecular complexity index is 593. The van der Waals surface area contributed by atoms with Crippen LogP contribution in [-0.4, -0.2) is 11.0 Å². The molecule has 2 aromatic carbocycles. The summed E-state index contributed by atoms with van der Waals surface area (Å²) in [5.41, 5.74) is 2.75. The molecule has 0 bridgehead atoms. The van der Waals surface area contributed by atoms with Crippen LogP contribution in [0, 0.1) is 0 Å². The number of amides is 1. The highest BCUT2D eigenvalue weighted by Crippen LogP contribution is 2.35. The average Bonchev–Trinajstić information content (AvgIpc) is 2.40. The summed E-state index contributed by atoms with van der Waals surface area (Å²) in [5, 5.41) is 9.51. The molecule has 3 nitrogen and oxygen atoms in total. The van der Waals surface area contributed by atoms with Crippen LogP contribution in [0.4, 0.5) is 11.4 Å². The third-order valence-electron chi connectivity index (χ3n) is 3.18. The van der Waals surface area contributed by atoms with Gasteiger partial charge in [-0.05, 0) is 42.3 Å². The summed E-state index contributed by atoms with van der Waals surface area (Å²) in [5.74, 6) is 0.343. The lowest BCUT2D eigenvalue weighted by atomic mass is 10.00. The van der Waals surface area contributed by atoms with Crippen LogP contribution in [-0.2, 0) is 11.2 Å². The molecular weight excluding hydrogens is 226 g/mol. The van der Waals surface area contributed by atoms with Crippen molar-refractivity contribution < 1.29 is 9.90 Å². The van der Waals surface area contributed by atoms with E-state index < -0.39 is 0 Å². The van der Waals surface area contributed by atoms with Crippen LogP contribution in [0.3, 0.4) is 0 Å². The first-order chi connectivity index (χ1) is 8.75. The number of aryl methyl sites for hydroxylation is 1. The van der Waals surface area contributed by atoms with Gasteiger partial charge in [0, 0.05) is 12.1 Å². The summed E-state index contributed by atoms with van der Waals surface area (Å²) < 4.78 is 0. The molecule has 0 saturated heterocycles. The number of para-hydroxylation sites is 1. The van der Waals surface area contributed by atoms with Gasteiger partial charge in [0.1, 0.15) is 5.75 Å². The minimum Gasteiger partial charge on any atom is -0.508 e. The molecule has 0 unspecified atom stereocenters. The Morgan fingerprint density at radius 2 is 1.78 bits per heavy atom. The molecule has 0 spiro atoms. The van der Waals surface area contributed by atoms with Gasteiger partial charge in [0.15, 0.2) is 0 Å². The number of phenolic OH excluding ortho intramolecular Hbond substituents is 1. The van der Waals surface area contributed by atoms with Crippen LogP contribution in [0.2, 0.25) is 0 Å². The van der Waals surface area contributed by atoms with E-state index in [4.69, 9.17) is 0 Å². The Hall–Kier alpha value is -2.29. The van der Waals surface area contributed by atoms with Gasteiger partial charge in [0.2, 0.25) is 5.91 Å². The van der Waals surface area contributed by atoms with E-state index in [1.54, 1.807) is 23.1 Å². The lowest BCUT2D eigenvalue weighted by Crippen LogP contribution is -2.30. The summed E-state index contributed by atoms with van der Waals surface area (Å²) in [6.45, 7) is 0. The van der Waals surface area contributed by atoms with Crippen molar-refractivity contribution in [2.75, 3.05) is 4.90 Å². The van der Waals surface area contributed by atoms with Gasteiger partial charge >= 0.3 is 0 Å². The van der Waals surface area contributed by atoms with Gasteiger partial charge in [-0.1, -0.05) is 18.2 Å². The number of hydrogen-bond donors (Lipinski definition) is 1. The second-order valence-electron chi connectivity index (χ2n) is 4.38. The van der Waals surface area contributed by atoms with Crippen LogP contribution in [0.15, 0.2) is 48.5 Å². The van der Waals surface area contributed by atoms with E-state index in [1.165, 1.54) is 0 Å². The summed E-state index contributed by atoms with van der Waals surface area (Å²) in [4.78, 5) is 13.8. The van der Waals surface area contributed by atoms with Crippen molar-refractivity contribution in [1.29, 1.82) is 0 Å². The summed E-state index contributed by atoms with van der Waals surface area (Å²) in [6.07, 6.45) is 1.16. The number of nitrogens with zero attached hydrogens (tertiary/aromatic N) is 1. The molecule has 90 valence electrons. The Kier molecular flexibility index (Phi) is 2.52. The minimum atomic E-state index is 0.0967. The lowest BCUT2D eigenvalue weighted by molar-refractivity contribution is -0.118. The standard InChI is InChI=1S/C15H13NO2/c17-13-7-8-14-11(10-13)6-9-15(18)16(14)12-4-2-1-3-5-12/h1-5,7-8,10,17H,6,9H2. The highest BCUT2D eigenvalue weighted by Gasteiger charge is 2.25. The Morgan fingerprint density at radius 3 is 2.56 bits per heavy atom. The Balaban J connectivity index is 2.13. The number of aromatic hydroxyl groups is 1. The zero-order chi connectivity index (χ0) is 12.5. The highest BCUT2D eigenvalue weighted by molar-refractivity contribution is 6.03. The molecule has 0 aromatic heterocycles. The molecule has 1 heterocycles. The van der Waals surface area contributed by atoms with E-state index >= 15 is 0 Å². The van der Waals surface area contributed by atoms with Gasteiger partial charge in [-0.3, -0.25) is 9.69 Å². The van der Waals surface area contributed by atoms with Crippen LogP contribution < -0.4 is 4.90 Å². The van der Waals surface area contributed by atoms with Crippen LogP contribution in [0.5, 0.6) is 5.75 Å². The zero-order valence-electron chi connectivity index (χ0n) is 9.84. The number of benzene rings is 2. The molecule has 1 aliphatic rings. The second-order valence-corrected chi connectivity index (χ2v) is 4.38. The fourth-order valence-electron chi connectivity index (χ4n) is 2.34. The van der Waals surface area contributed by atoms with E-state index in [9.17, 15) is 9.90 Å². The largest absolute Gasteiger partial charge is 0.508 e. The summed E-state index contributed by atoms with van der Waals surface area (Å²) >= 11 is 0.